The molecule has 2 fully saturated rings. The Morgan fingerprint density at radius 3 is 2.54 bits per heavy atom. The molecule has 3 aromatic rings. The number of pyridine rings is 1. The number of aliphatic hydroxyl groups is 1. The lowest BCUT2D eigenvalue weighted by Gasteiger charge is -2.58. The number of benzene rings is 1. The van der Waals surface area contributed by atoms with Crippen molar-refractivity contribution in [1.29, 1.82) is 0 Å². The number of fused-ring (bicyclic) bond motifs is 5. The summed E-state index contributed by atoms with van der Waals surface area (Å²) in [6.07, 6.45) is 25.2. The van der Waals surface area contributed by atoms with Gasteiger partial charge in [0.25, 0.3) is 0 Å². The fourth-order valence-corrected chi connectivity index (χ4v) is 10.8. The molecule has 5 aliphatic rings. The van der Waals surface area contributed by atoms with E-state index >= 15 is 0 Å². The molecule has 1 spiro atoms. The number of para-hydroxylation sites is 1. The van der Waals surface area contributed by atoms with Gasteiger partial charge in [0.15, 0.2) is 0 Å². The first-order chi connectivity index (χ1) is 24.3. The molecule has 3 bridgehead atoms. The van der Waals surface area contributed by atoms with Crippen molar-refractivity contribution in [3.8, 4) is 5.75 Å². The van der Waals surface area contributed by atoms with Crippen molar-refractivity contribution in [1.82, 2.24) is 19.4 Å². The maximum absolute atomic E-state index is 13.4. The molecular weight excluding hydrogens is 617 g/mol. The second-order valence-electron chi connectivity index (χ2n) is 17.2. The van der Waals surface area contributed by atoms with Gasteiger partial charge in [-0.15, -0.1) is 0 Å². The van der Waals surface area contributed by atoms with Crippen LogP contribution in [-0.4, -0.2) is 74.9 Å². The second-order valence-corrected chi connectivity index (χ2v) is 17.2. The van der Waals surface area contributed by atoms with Crippen molar-refractivity contribution in [2.75, 3.05) is 32.8 Å². The zero-order valence-electron chi connectivity index (χ0n) is 31.1. The number of nitrogens with zero attached hydrogens (tertiary/aromatic N) is 4. The first-order valence-electron chi connectivity index (χ1n) is 20.1. The molecule has 50 heavy (non-hydrogen) atoms. The maximum Gasteiger partial charge on any atom is 0.143 e. The van der Waals surface area contributed by atoms with Gasteiger partial charge >= 0.3 is 0 Å². The average molecular weight is 677 g/mol. The third kappa shape index (κ3) is 5.97. The van der Waals surface area contributed by atoms with Crippen molar-refractivity contribution >= 4 is 27.4 Å². The van der Waals surface area contributed by atoms with Crippen molar-refractivity contribution in [2.24, 2.45) is 23.2 Å². The van der Waals surface area contributed by atoms with Crippen LogP contribution in [0.5, 0.6) is 5.75 Å². The van der Waals surface area contributed by atoms with Crippen molar-refractivity contribution in [2.45, 2.75) is 116 Å². The molecule has 6 heterocycles. The van der Waals surface area contributed by atoms with E-state index in [4.69, 9.17) is 9.72 Å². The first kappa shape index (κ1) is 34.2. The molecule has 6 nitrogen and oxygen atoms in total. The third-order valence-electron chi connectivity index (χ3n) is 12.6. The van der Waals surface area contributed by atoms with Gasteiger partial charge in [0.2, 0.25) is 0 Å². The van der Waals surface area contributed by atoms with Gasteiger partial charge in [0.1, 0.15) is 5.75 Å². The van der Waals surface area contributed by atoms with Gasteiger partial charge in [0, 0.05) is 41.5 Å². The third-order valence-corrected chi connectivity index (χ3v) is 12.6. The number of hydrogen-bond acceptors (Lipinski definition) is 5. The van der Waals surface area contributed by atoms with Crippen LogP contribution < -0.4 is 4.74 Å². The summed E-state index contributed by atoms with van der Waals surface area (Å²) in [4.78, 5) is 10.9. The van der Waals surface area contributed by atoms with Crippen molar-refractivity contribution in [3.05, 3.63) is 66.5 Å². The van der Waals surface area contributed by atoms with E-state index in [1.807, 2.05) is 6.20 Å². The molecule has 4 aliphatic heterocycles. The molecule has 0 radical (unpaired) electrons. The van der Waals surface area contributed by atoms with Crippen LogP contribution in [0, 0.1) is 23.2 Å². The van der Waals surface area contributed by atoms with E-state index < -0.39 is 5.60 Å². The highest BCUT2D eigenvalue weighted by molar-refractivity contribution is 6.12. The van der Waals surface area contributed by atoms with Gasteiger partial charge in [-0.2, -0.15) is 0 Å². The second kappa shape index (κ2) is 13.9. The Bertz CT molecular complexity index is 1790. The summed E-state index contributed by atoms with van der Waals surface area (Å²) in [6.45, 7) is 15.0. The molecule has 2 unspecified atom stereocenters. The smallest absolute Gasteiger partial charge is 0.143 e. The van der Waals surface area contributed by atoms with Gasteiger partial charge in [-0.05, 0) is 125 Å². The lowest BCUT2D eigenvalue weighted by Crippen LogP contribution is -2.65. The zero-order chi connectivity index (χ0) is 34.5. The Labute approximate surface area is 300 Å². The molecule has 2 aromatic heterocycles. The molecule has 0 saturated carbocycles. The van der Waals surface area contributed by atoms with Crippen LogP contribution >= 0.6 is 0 Å². The van der Waals surface area contributed by atoms with Crippen LogP contribution in [0.25, 0.3) is 27.4 Å². The standard InChI is InChI=1S/C44H60N4O2/c1-31(2)28-48-40-34(17-15-18-38(40)50-29-32(3)4)35-19-22-45-39(41(35)48)36-27-44(49)21-12-8-5-6-9-13-23-46-25-20-37(36)43(30-46)26-33-16-11-7-10-14-24-47(33)42(43)44/h5,8,11,15-19,22,27,31-33,37,42,49H,6-7,9-10,12-14,20-21,23-26,28-30H2,1-4H3/b8-5-,16-11-/t33-,37?,42+,43-,44-/m0/s1. The SMILES string of the molecule is CC(C)COc1cccc2c3ccnc(C4=C[C@@]5(O)CC/C=C\CCCCN6CCC4[C@]4(C[C@@H]7/C=C\CCCCN7[C@H]45)C6)c3n(CC(C)C)c12. The van der Waals surface area contributed by atoms with E-state index in [0.29, 0.717) is 30.4 Å². The first-order valence-corrected chi connectivity index (χ1v) is 20.1. The summed E-state index contributed by atoms with van der Waals surface area (Å²) in [5.74, 6) is 2.19. The number of aromatic nitrogens is 2. The predicted octanol–water partition coefficient (Wildman–Crippen LogP) is 9.02. The van der Waals surface area contributed by atoms with Crippen LogP contribution in [0.15, 0.2) is 60.8 Å². The number of piperidine rings is 1. The number of allylic oxidation sites excluding steroid dienone is 4. The largest absolute Gasteiger partial charge is 0.491 e. The van der Waals surface area contributed by atoms with Crippen LogP contribution in [0.4, 0.5) is 0 Å². The minimum Gasteiger partial charge on any atom is -0.491 e. The topological polar surface area (TPSA) is 53.8 Å². The molecule has 8 rings (SSSR count). The van der Waals surface area contributed by atoms with E-state index in [0.717, 1.165) is 76.3 Å². The van der Waals surface area contributed by atoms with Gasteiger partial charge in [0.05, 0.1) is 35.0 Å². The Morgan fingerprint density at radius 1 is 0.900 bits per heavy atom. The lowest BCUT2D eigenvalue weighted by molar-refractivity contribution is -0.0894. The summed E-state index contributed by atoms with van der Waals surface area (Å²) < 4.78 is 9.07. The minimum absolute atomic E-state index is 0.0432. The summed E-state index contributed by atoms with van der Waals surface area (Å²) in [5.41, 5.74) is 3.78. The van der Waals surface area contributed by atoms with Crippen LogP contribution in [0.3, 0.4) is 0 Å². The predicted molar refractivity (Wildman–Crippen MR) is 206 cm³/mol. The van der Waals surface area contributed by atoms with E-state index in [1.54, 1.807) is 0 Å². The molecule has 1 N–H and O–H groups in total. The van der Waals surface area contributed by atoms with Gasteiger partial charge in [-0.25, -0.2) is 0 Å². The molecule has 268 valence electrons. The highest BCUT2D eigenvalue weighted by Crippen LogP contribution is 2.62. The van der Waals surface area contributed by atoms with Crippen molar-refractivity contribution < 1.29 is 9.84 Å². The minimum atomic E-state index is -0.945. The highest BCUT2D eigenvalue weighted by atomic mass is 16.5. The quantitative estimate of drug-likeness (QED) is 0.264. The fraction of sp³-hybridized carbons (Fsp3) is 0.614. The summed E-state index contributed by atoms with van der Waals surface area (Å²) in [7, 11) is 0. The Kier molecular flexibility index (Phi) is 9.50. The molecule has 1 aliphatic carbocycles. The van der Waals surface area contributed by atoms with E-state index in [2.05, 4.69) is 96.7 Å². The number of rotatable bonds is 6. The summed E-state index contributed by atoms with van der Waals surface area (Å²) in [5, 5.41) is 15.9. The van der Waals surface area contributed by atoms with Crippen molar-refractivity contribution in [3.63, 3.8) is 0 Å². The molecule has 2 saturated heterocycles. The van der Waals surface area contributed by atoms with E-state index in [1.165, 1.54) is 59.5 Å². The summed E-state index contributed by atoms with van der Waals surface area (Å²) in [6, 6.07) is 9.26. The Balaban J connectivity index is 1.37. The van der Waals surface area contributed by atoms with E-state index in [-0.39, 0.29) is 11.5 Å². The van der Waals surface area contributed by atoms with Crippen LogP contribution in [0.2, 0.25) is 0 Å². The Hall–Kier alpha value is -2.93. The van der Waals surface area contributed by atoms with E-state index in [9.17, 15) is 5.11 Å². The van der Waals surface area contributed by atoms with Gasteiger partial charge in [-0.3, -0.25) is 9.88 Å². The highest BCUT2D eigenvalue weighted by Gasteiger charge is 2.65. The van der Waals surface area contributed by atoms with Crippen LogP contribution in [0.1, 0.15) is 97.6 Å². The Morgan fingerprint density at radius 2 is 1.70 bits per heavy atom. The number of hydrogen-bond donors (Lipinski definition) is 1. The molecular formula is C44H60N4O2. The lowest BCUT2D eigenvalue weighted by atomic mass is 9.54. The fourth-order valence-electron chi connectivity index (χ4n) is 10.8. The maximum atomic E-state index is 13.4. The normalized spacial score (nSPS) is 33.2. The van der Waals surface area contributed by atoms with Gasteiger partial charge in [-0.1, -0.05) is 64.1 Å². The monoisotopic (exact) mass is 676 g/mol. The zero-order valence-corrected chi connectivity index (χ0v) is 31.1. The van der Waals surface area contributed by atoms with Crippen LogP contribution in [-0.2, 0) is 6.54 Å². The molecule has 6 atom stereocenters. The van der Waals surface area contributed by atoms with Gasteiger partial charge < -0.3 is 19.3 Å². The average Bonchev–Trinajstić information content (AvgIpc) is 3.56. The summed E-state index contributed by atoms with van der Waals surface area (Å²) >= 11 is 0. The molecule has 1 aromatic carbocycles. The molecule has 6 heteroatoms. The number of ether oxygens (including phenoxy) is 1. The molecule has 0 amide bonds.